The molecule has 0 bridgehead atoms. The highest BCUT2D eigenvalue weighted by molar-refractivity contribution is 5.87. The first kappa shape index (κ1) is 64.2. The van der Waals surface area contributed by atoms with Gasteiger partial charge in [0.05, 0.1) is 29.5 Å². The van der Waals surface area contributed by atoms with Crippen LogP contribution in [0.15, 0.2) is 134 Å². The molecule has 0 amide bonds. The quantitative estimate of drug-likeness (QED) is 0.0333. The van der Waals surface area contributed by atoms with Crippen LogP contribution in [-0.4, -0.2) is 49.7 Å². The number of benzene rings is 4. The Kier molecular flexibility index (Phi) is 21.7. The summed E-state index contributed by atoms with van der Waals surface area (Å²) in [7, 11) is 0. The number of nitrogens with zero attached hydrogens (tertiary/aromatic N) is 2. The molecule has 0 fully saturated rings. The van der Waals surface area contributed by atoms with Crippen molar-refractivity contribution in [3.8, 4) is 11.5 Å². The molecule has 4 aliphatic rings. The lowest BCUT2D eigenvalue weighted by Gasteiger charge is -2.47. The first-order valence-corrected chi connectivity index (χ1v) is 30.6. The lowest BCUT2D eigenvalue weighted by Crippen LogP contribution is -2.59. The van der Waals surface area contributed by atoms with Gasteiger partial charge in [0.2, 0.25) is 11.4 Å². The molecule has 0 aliphatic carbocycles. The average Bonchev–Trinajstić information content (AvgIpc) is 2.95. The van der Waals surface area contributed by atoms with E-state index in [1.165, 1.54) is 22.5 Å². The van der Waals surface area contributed by atoms with Gasteiger partial charge in [-0.1, -0.05) is 173 Å². The maximum Gasteiger partial charge on any atom is 0.333 e. The Morgan fingerprint density at radius 3 is 1.52 bits per heavy atom. The van der Waals surface area contributed by atoms with Crippen LogP contribution in [0, 0.1) is 22.2 Å². The standard InChI is InChI=1S/C41H61NO3.C24H27NO.C8H14O2/c1-11-12-28-44-36(43)40(10,38(5,6)7)30-31(29-37(2,3)4)20-14-13-19-27-42-34-23-17-16-22-33(34)39(8,9)41(42)26-25-32-21-15-18-24-35(32)45-41;1-4-5-6-11-18-25-21-14-9-8-13-20(21)23(2,3)24(25)17-16-19-12-7-10-15-22(19)26-24;1-4-5-6-10-8(9)7(2)3/h15-18,21-26,31H,11-14,19-20,27-30H2,1-10H3;4,7-10,12-17H,1,5-6,11,18H2,2-3H3;2,4-6H2,1,3H3. The van der Waals surface area contributed by atoms with Crippen LogP contribution in [0.1, 0.15) is 203 Å². The second-order valence-electron chi connectivity index (χ2n) is 26.7. The molecule has 0 radical (unpaired) electrons. The van der Waals surface area contributed by atoms with Gasteiger partial charge < -0.3 is 28.7 Å². The van der Waals surface area contributed by atoms with Crippen LogP contribution in [0.4, 0.5) is 11.4 Å². The van der Waals surface area contributed by atoms with E-state index in [2.05, 4.69) is 234 Å². The molecule has 4 aliphatic heterocycles. The van der Waals surface area contributed by atoms with Crippen molar-refractivity contribution in [1.82, 2.24) is 0 Å². The molecule has 440 valence electrons. The van der Waals surface area contributed by atoms with Gasteiger partial charge in [-0.15, -0.1) is 6.58 Å². The third-order valence-corrected chi connectivity index (χ3v) is 17.7. The number of ether oxygens (including phenoxy) is 4. The van der Waals surface area contributed by atoms with Gasteiger partial charge in [0.25, 0.3) is 0 Å². The molecule has 81 heavy (non-hydrogen) atoms. The summed E-state index contributed by atoms with van der Waals surface area (Å²) >= 11 is 0. The van der Waals surface area contributed by atoms with Gasteiger partial charge in [-0.25, -0.2) is 4.79 Å². The van der Waals surface area contributed by atoms with Gasteiger partial charge in [0.1, 0.15) is 11.5 Å². The molecule has 4 unspecified atom stereocenters. The molecule has 0 aromatic heterocycles. The minimum absolute atomic E-state index is 0.0231. The van der Waals surface area contributed by atoms with E-state index in [1.807, 2.05) is 6.08 Å². The summed E-state index contributed by atoms with van der Waals surface area (Å²) in [6, 6.07) is 34.2. The lowest BCUT2D eigenvalue weighted by molar-refractivity contribution is -0.164. The Hall–Kier alpha value is -6.02. The van der Waals surface area contributed by atoms with E-state index in [9.17, 15) is 9.59 Å². The number of hydrogen-bond donors (Lipinski definition) is 0. The molecule has 8 nitrogen and oxygen atoms in total. The molecular weight excluding hydrogens is 1000 g/mol. The van der Waals surface area contributed by atoms with Crippen LogP contribution in [0.25, 0.3) is 12.2 Å². The number of unbranched alkanes of at least 4 members (excludes halogenated alkanes) is 6. The Bertz CT molecular complexity index is 2810. The van der Waals surface area contributed by atoms with E-state index in [0.717, 1.165) is 119 Å². The first-order chi connectivity index (χ1) is 38.3. The largest absolute Gasteiger partial charge is 0.465 e. The molecule has 4 atom stereocenters. The Labute approximate surface area is 490 Å². The van der Waals surface area contributed by atoms with Crippen molar-refractivity contribution < 1.29 is 28.5 Å². The van der Waals surface area contributed by atoms with Crippen LogP contribution < -0.4 is 19.3 Å². The number of esters is 2. The summed E-state index contributed by atoms with van der Waals surface area (Å²) in [5.74, 6) is 2.07. The van der Waals surface area contributed by atoms with E-state index in [0.29, 0.717) is 24.7 Å². The highest BCUT2D eigenvalue weighted by Crippen LogP contribution is 2.57. The number of para-hydroxylation sites is 4. The van der Waals surface area contributed by atoms with E-state index in [-0.39, 0.29) is 33.6 Å². The van der Waals surface area contributed by atoms with E-state index in [1.54, 1.807) is 6.92 Å². The summed E-state index contributed by atoms with van der Waals surface area (Å²) in [6.07, 6.45) is 24.8. The van der Waals surface area contributed by atoms with E-state index >= 15 is 0 Å². The summed E-state index contributed by atoms with van der Waals surface area (Å²) in [5.41, 5.74) is 6.11. The van der Waals surface area contributed by atoms with Gasteiger partial charge in [0.15, 0.2) is 0 Å². The average molecular weight is 1100 g/mol. The molecule has 0 N–H and O–H groups in total. The second-order valence-corrected chi connectivity index (χ2v) is 26.7. The maximum absolute atomic E-state index is 13.5. The maximum atomic E-state index is 13.5. The van der Waals surface area contributed by atoms with Crippen LogP contribution in [0.2, 0.25) is 0 Å². The third-order valence-electron chi connectivity index (χ3n) is 17.7. The highest BCUT2D eigenvalue weighted by Gasteiger charge is 2.60. The van der Waals surface area contributed by atoms with Crippen LogP contribution >= 0.6 is 0 Å². The number of allylic oxidation sites excluding steroid dienone is 1. The Morgan fingerprint density at radius 2 is 1.06 bits per heavy atom. The fourth-order valence-electron chi connectivity index (χ4n) is 12.4. The number of hydrogen-bond acceptors (Lipinski definition) is 8. The zero-order chi connectivity index (χ0) is 59.3. The summed E-state index contributed by atoms with van der Waals surface area (Å²) in [6.45, 7) is 41.1. The van der Waals surface area contributed by atoms with E-state index < -0.39 is 16.9 Å². The van der Waals surface area contributed by atoms with Crippen molar-refractivity contribution in [2.45, 2.75) is 203 Å². The van der Waals surface area contributed by atoms with Crippen molar-refractivity contribution in [2.75, 3.05) is 36.1 Å². The Balaban J connectivity index is 0.000000244. The molecule has 0 saturated carbocycles. The van der Waals surface area contributed by atoms with Crippen LogP contribution in [0.3, 0.4) is 0 Å². The zero-order valence-corrected chi connectivity index (χ0v) is 52.5. The van der Waals surface area contributed by atoms with Gasteiger partial charge in [0, 0.05) is 41.2 Å². The number of anilines is 2. The highest BCUT2D eigenvalue weighted by atomic mass is 16.5. The van der Waals surface area contributed by atoms with Crippen molar-refractivity contribution in [2.24, 2.45) is 22.2 Å². The fraction of sp³-hybridized carbons (Fsp3) is 0.534. The number of rotatable bonds is 22. The smallest absolute Gasteiger partial charge is 0.333 e. The van der Waals surface area contributed by atoms with Gasteiger partial charge in [-0.2, -0.15) is 0 Å². The predicted molar refractivity (Wildman–Crippen MR) is 340 cm³/mol. The third kappa shape index (κ3) is 14.4. The van der Waals surface area contributed by atoms with Gasteiger partial charge in [-0.3, -0.25) is 4.79 Å². The second kappa shape index (κ2) is 27.4. The molecule has 4 aromatic rings. The molecule has 8 heteroatoms. The van der Waals surface area contributed by atoms with Crippen LogP contribution in [0.5, 0.6) is 11.5 Å². The summed E-state index contributed by atoms with van der Waals surface area (Å²) in [4.78, 5) is 29.2. The minimum Gasteiger partial charge on any atom is -0.465 e. The van der Waals surface area contributed by atoms with Gasteiger partial charge >= 0.3 is 11.9 Å². The first-order valence-electron chi connectivity index (χ1n) is 30.6. The summed E-state index contributed by atoms with van der Waals surface area (Å²) in [5, 5.41) is 0. The number of fused-ring (bicyclic) bond motifs is 4. The normalized spacial score (nSPS) is 19.7. The molecular formula is C73H102N2O6. The molecule has 4 heterocycles. The fourth-order valence-corrected chi connectivity index (χ4v) is 12.4. The number of carbonyl (C=O) groups excluding carboxylic acids is 2. The van der Waals surface area contributed by atoms with Crippen molar-refractivity contribution in [3.05, 3.63) is 156 Å². The summed E-state index contributed by atoms with van der Waals surface area (Å²) < 4.78 is 24.4. The van der Waals surface area contributed by atoms with Crippen molar-refractivity contribution in [3.63, 3.8) is 0 Å². The van der Waals surface area contributed by atoms with Crippen molar-refractivity contribution >= 4 is 35.5 Å². The number of carbonyl (C=O) groups is 2. The predicted octanol–water partition coefficient (Wildman–Crippen LogP) is 18.8. The lowest BCUT2D eigenvalue weighted by atomic mass is 9.62. The SMILES string of the molecule is C=C(C)C(=O)OCCCC.C=CCCCCN1c2ccccc2C(C)(C)C12C=Cc1ccccc1O2.CCCCOC(=O)C(C)(CC(CCCCCN1c2ccccc2C(C)(C)C12C=Cc1ccccc1O2)CC(C)(C)C)C(C)(C)C. The Morgan fingerprint density at radius 1 is 0.605 bits per heavy atom. The molecule has 8 rings (SSSR count). The molecule has 4 aromatic carbocycles. The van der Waals surface area contributed by atoms with Crippen molar-refractivity contribution in [1.29, 1.82) is 0 Å². The van der Waals surface area contributed by atoms with Gasteiger partial charge in [-0.05, 0) is 169 Å². The molecule has 2 spiro atoms. The minimum atomic E-state index is -0.563. The topological polar surface area (TPSA) is 77.5 Å². The molecule has 0 saturated heterocycles. The van der Waals surface area contributed by atoms with E-state index in [4.69, 9.17) is 18.9 Å². The zero-order valence-electron chi connectivity index (χ0n) is 52.5. The van der Waals surface area contributed by atoms with Crippen LogP contribution in [-0.2, 0) is 29.9 Å². The monoisotopic (exact) mass is 1100 g/mol.